The molecule has 4 nitrogen and oxygen atoms in total. The van der Waals surface area contributed by atoms with Crippen molar-refractivity contribution in [3.8, 4) is 0 Å². The molecule has 0 aliphatic rings. The highest BCUT2D eigenvalue weighted by molar-refractivity contribution is 9.10. The van der Waals surface area contributed by atoms with Gasteiger partial charge in [0.15, 0.2) is 0 Å². The predicted octanol–water partition coefficient (Wildman–Crippen LogP) is 3.50. The zero-order valence-corrected chi connectivity index (χ0v) is 12.9. The van der Waals surface area contributed by atoms with Crippen LogP contribution in [0.1, 0.15) is 16.7 Å². The minimum Gasteiger partial charge on any atom is -0.383 e. The number of benzene rings is 1. The van der Waals surface area contributed by atoms with Crippen molar-refractivity contribution in [1.82, 2.24) is 4.98 Å². The van der Waals surface area contributed by atoms with Gasteiger partial charge in [0.25, 0.3) is 5.56 Å². The highest BCUT2D eigenvalue weighted by Gasteiger charge is 2.30. The van der Waals surface area contributed by atoms with E-state index in [0.717, 1.165) is 12.1 Å². The fourth-order valence-electron chi connectivity index (χ4n) is 1.85. The lowest BCUT2D eigenvalue weighted by atomic mass is 10.1. The Kier molecular flexibility index (Phi) is 4.41. The van der Waals surface area contributed by atoms with Crippen LogP contribution in [0.4, 0.5) is 18.9 Å². The Hall–Kier alpha value is -2.09. The zero-order chi connectivity index (χ0) is 16.5. The summed E-state index contributed by atoms with van der Waals surface area (Å²) in [6, 6.07) is 4.41. The molecule has 0 aliphatic heterocycles. The van der Waals surface area contributed by atoms with Crippen LogP contribution in [0.2, 0.25) is 0 Å². The first-order valence-electron chi connectivity index (χ1n) is 6.09. The molecule has 22 heavy (non-hydrogen) atoms. The Balaban J connectivity index is 2.51. The van der Waals surface area contributed by atoms with E-state index in [-0.39, 0.29) is 17.1 Å². The van der Waals surface area contributed by atoms with Crippen LogP contribution in [0.25, 0.3) is 0 Å². The van der Waals surface area contributed by atoms with Crippen LogP contribution in [0.15, 0.2) is 44.7 Å². The molecule has 8 heteroatoms. The molecule has 0 bridgehead atoms. The number of aromatic amines is 1. The van der Waals surface area contributed by atoms with Crippen molar-refractivity contribution >= 4 is 27.5 Å². The van der Waals surface area contributed by atoms with Gasteiger partial charge in [0.2, 0.25) is 0 Å². The molecule has 0 fully saturated rings. The average molecular weight is 374 g/mol. The smallest absolute Gasteiger partial charge is 0.383 e. The molecule has 0 aliphatic carbocycles. The Morgan fingerprint density at radius 2 is 2.05 bits per heavy atom. The van der Waals surface area contributed by atoms with Gasteiger partial charge < -0.3 is 10.7 Å². The van der Waals surface area contributed by atoms with Crippen LogP contribution < -0.4 is 11.3 Å². The van der Waals surface area contributed by atoms with Crippen LogP contribution in [0.5, 0.6) is 0 Å². The second kappa shape index (κ2) is 5.96. The summed E-state index contributed by atoms with van der Waals surface area (Å²) in [4.78, 5) is 18.2. The molecule has 3 N–H and O–H groups in total. The van der Waals surface area contributed by atoms with Crippen molar-refractivity contribution in [3.63, 3.8) is 0 Å². The summed E-state index contributed by atoms with van der Waals surface area (Å²) in [6.45, 7) is 1.66. The van der Waals surface area contributed by atoms with Gasteiger partial charge >= 0.3 is 6.18 Å². The number of halogens is 4. The maximum absolute atomic E-state index is 12.7. The third-order valence-corrected chi connectivity index (χ3v) is 3.79. The number of hydrogen-bond donors (Lipinski definition) is 2. The summed E-state index contributed by atoms with van der Waals surface area (Å²) in [7, 11) is 0. The third kappa shape index (κ3) is 3.38. The molecule has 0 amide bonds. The quantitative estimate of drug-likeness (QED) is 0.624. The first kappa shape index (κ1) is 16.3. The summed E-state index contributed by atoms with van der Waals surface area (Å²) in [6.07, 6.45) is -3.01. The Morgan fingerprint density at radius 3 is 2.68 bits per heavy atom. The van der Waals surface area contributed by atoms with E-state index in [1.165, 1.54) is 18.3 Å². The van der Waals surface area contributed by atoms with Gasteiger partial charge in [0, 0.05) is 10.7 Å². The highest BCUT2D eigenvalue weighted by Crippen LogP contribution is 2.31. The molecular weight excluding hydrogens is 363 g/mol. The number of amidine groups is 1. The van der Waals surface area contributed by atoms with E-state index in [4.69, 9.17) is 5.73 Å². The Morgan fingerprint density at radius 1 is 1.36 bits per heavy atom. The molecule has 1 aromatic heterocycles. The van der Waals surface area contributed by atoms with E-state index in [1.807, 2.05) is 0 Å². The highest BCUT2D eigenvalue weighted by atomic mass is 79.9. The average Bonchev–Trinajstić information content (AvgIpc) is 2.43. The van der Waals surface area contributed by atoms with Crippen molar-refractivity contribution in [3.05, 3.63) is 62.0 Å². The minimum atomic E-state index is -4.47. The van der Waals surface area contributed by atoms with E-state index in [1.54, 1.807) is 6.92 Å². The molecule has 2 aromatic rings. The van der Waals surface area contributed by atoms with E-state index < -0.39 is 17.3 Å². The Bertz CT molecular complexity index is 797. The standard InChI is InChI=1S/C14H11BrF3N3O/c1-7-10(15)6-20-13(22)11(7)12(19)21-9-4-2-3-8(5-9)14(16,17)18/h2-6H,1H3,(H2,19,21)(H,20,22). The molecule has 2 rings (SSSR count). The maximum atomic E-state index is 12.7. The van der Waals surface area contributed by atoms with Crippen molar-refractivity contribution in [2.75, 3.05) is 0 Å². The molecule has 0 unspecified atom stereocenters. The third-order valence-electron chi connectivity index (χ3n) is 2.97. The van der Waals surface area contributed by atoms with Crippen LogP contribution in [-0.2, 0) is 6.18 Å². The van der Waals surface area contributed by atoms with Gasteiger partial charge in [0.1, 0.15) is 5.84 Å². The lowest BCUT2D eigenvalue weighted by molar-refractivity contribution is -0.137. The number of nitrogens with zero attached hydrogens (tertiary/aromatic N) is 1. The molecule has 0 saturated carbocycles. The van der Waals surface area contributed by atoms with Gasteiger partial charge in [0.05, 0.1) is 16.8 Å². The fourth-order valence-corrected chi connectivity index (χ4v) is 2.17. The van der Waals surface area contributed by atoms with E-state index in [9.17, 15) is 18.0 Å². The normalized spacial score (nSPS) is 12.5. The number of H-pyrrole nitrogens is 1. The van der Waals surface area contributed by atoms with Gasteiger partial charge in [-0.3, -0.25) is 4.79 Å². The van der Waals surface area contributed by atoms with E-state index >= 15 is 0 Å². The molecule has 116 valence electrons. The lowest BCUT2D eigenvalue weighted by Gasteiger charge is -2.08. The fraction of sp³-hybridized carbons (Fsp3) is 0.143. The number of aromatic nitrogens is 1. The molecule has 0 radical (unpaired) electrons. The van der Waals surface area contributed by atoms with Crippen LogP contribution >= 0.6 is 15.9 Å². The van der Waals surface area contributed by atoms with Crippen LogP contribution in [0.3, 0.4) is 0 Å². The summed E-state index contributed by atoms with van der Waals surface area (Å²) in [5.41, 5.74) is 5.18. The van der Waals surface area contributed by atoms with Gasteiger partial charge in [-0.2, -0.15) is 13.2 Å². The first-order chi connectivity index (χ1) is 10.2. The maximum Gasteiger partial charge on any atom is 0.416 e. The largest absolute Gasteiger partial charge is 0.416 e. The molecule has 1 aromatic carbocycles. The van der Waals surface area contributed by atoms with Crippen molar-refractivity contribution in [2.45, 2.75) is 13.1 Å². The molecule has 0 spiro atoms. The SMILES string of the molecule is Cc1c(Br)c[nH]c(=O)c1C(N)=Nc1cccc(C(F)(F)F)c1. The number of rotatable bonds is 2. The second-order valence-electron chi connectivity index (χ2n) is 4.51. The van der Waals surface area contributed by atoms with Gasteiger partial charge in [-0.1, -0.05) is 6.07 Å². The summed E-state index contributed by atoms with van der Waals surface area (Å²) < 4.78 is 38.6. The summed E-state index contributed by atoms with van der Waals surface area (Å²) in [5.74, 6) is -0.153. The number of alkyl halides is 3. The number of nitrogens with one attached hydrogen (secondary N) is 1. The van der Waals surface area contributed by atoms with Gasteiger partial charge in [-0.25, -0.2) is 4.99 Å². The Labute approximate surface area is 132 Å². The van der Waals surface area contributed by atoms with Gasteiger partial charge in [-0.15, -0.1) is 0 Å². The molecule has 0 saturated heterocycles. The second-order valence-corrected chi connectivity index (χ2v) is 5.37. The van der Waals surface area contributed by atoms with E-state index in [0.29, 0.717) is 10.0 Å². The van der Waals surface area contributed by atoms with Crippen molar-refractivity contribution < 1.29 is 13.2 Å². The number of hydrogen-bond acceptors (Lipinski definition) is 2. The minimum absolute atomic E-state index is 0.0195. The van der Waals surface area contributed by atoms with Crippen LogP contribution in [0, 0.1) is 6.92 Å². The predicted molar refractivity (Wildman–Crippen MR) is 81.3 cm³/mol. The van der Waals surface area contributed by atoms with Crippen molar-refractivity contribution in [2.24, 2.45) is 10.7 Å². The zero-order valence-electron chi connectivity index (χ0n) is 11.3. The van der Waals surface area contributed by atoms with E-state index in [2.05, 4.69) is 25.9 Å². The number of aliphatic imine (C=N–C) groups is 1. The number of nitrogens with two attached hydrogens (primary N) is 1. The van der Waals surface area contributed by atoms with Crippen molar-refractivity contribution in [1.29, 1.82) is 0 Å². The molecule has 0 atom stereocenters. The monoisotopic (exact) mass is 373 g/mol. The summed E-state index contributed by atoms with van der Waals surface area (Å²) >= 11 is 3.24. The van der Waals surface area contributed by atoms with Crippen LogP contribution in [-0.4, -0.2) is 10.8 Å². The first-order valence-corrected chi connectivity index (χ1v) is 6.89. The topological polar surface area (TPSA) is 71.2 Å². The lowest BCUT2D eigenvalue weighted by Crippen LogP contribution is -2.26. The molecule has 1 heterocycles. The molecular formula is C14H11BrF3N3O. The number of pyridine rings is 1. The summed E-state index contributed by atoms with van der Waals surface area (Å²) in [5, 5.41) is 0. The van der Waals surface area contributed by atoms with Gasteiger partial charge in [-0.05, 0) is 46.6 Å².